The molecule has 0 saturated heterocycles. The molecule has 0 fully saturated rings. The third-order valence-electron chi connectivity index (χ3n) is 1.20. The van der Waals surface area contributed by atoms with E-state index in [0.29, 0.717) is 6.61 Å². The van der Waals surface area contributed by atoms with Crippen molar-refractivity contribution in [1.82, 2.24) is 0 Å². The minimum atomic E-state index is -0.0642. The largest absolute Gasteiger partial charge is 0.394 e. The Labute approximate surface area is 64.8 Å². The van der Waals surface area contributed by atoms with Crippen molar-refractivity contribution in [1.29, 1.82) is 0 Å². The zero-order chi connectivity index (χ0) is 7.82. The Bertz CT molecular complexity index is 66.6. The molecule has 0 spiro atoms. The summed E-state index contributed by atoms with van der Waals surface area (Å²) in [6, 6.07) is 1.32. The molecule has 0 amide bonds. The van der Waals surface area contributed by atoms with Gasteiger partial charge in [-0.25, -0.2) is 0 Å². The topological polar surface area (TPSA) is 29.5 Å². The molecule has 1 radical (unpaired) electrons. The average Bonchev–Trinajstić information content (AvgIpc) is 1.87. The number of hydrogen-bond donors (Lipinski definition) is 1. The number of aliphatic hydroxyl groups is 1. The van der Waals surface area contributed by atoms with Crippen LogP contribution in [0.3, 0.4) is 0 Å². The van der Waals surface area contributed by atoms with E-state index in [2.05, 4.69) is 13.1 Å². The molecule has 0 aliphatic heterocycles. The van der Waals surface area contributed by atoms with Gasteiger partial charge in [-0.05, 0) is 6.42 Å². The van der Waals surface area contributed by atoms with Crippen molar-refractivity contribution in [2.24, 2.45) is 0 Å². The zero-order valence-electron chi connectivity index (χ0n) is 6.89. The summed E-state index contributed by atoms with van der Waals surface area (Å²) < 4.78 is 5.10. The number of ether oxygens (including phenoxy) is 1. The Balaban J connectivity index is 2.77. The molecule has 0 aliphatic rings. The first kappa shape index (κ1) is 10.1. The Morgan fingerprint density at radius 2 is 2.00 bits per heavy atom. The second kappa shape index (κ2) is 7.25. The molecule has 0 heterocycles. The summed E-state index contributed by atoms with van der Waals surface area (Å²) in [5, 5.41) is 8.36. The first-order valence-corrected chi connectivity index (χ1v) is 6.45. The van der Waals surface area contributed by atoms with Gasteiger partial charge in [-0.15, -0.1) is 0 Å². The average molecular weight is 161 g/mol. The van der Waals surface area contributed by atoms with Crippen LogP contribution in [-0.4, -0.2) is 33.7 Å². The van der Waals surface area contributed by atoms with Crippen LogP contribution in [0.5, 0.6) is 0 Å². The number of rotatable bonds is 6. The van der Waals surface area contributed by atoms with Gasteiger partial charge in [-0.3, -0.25) is 0 Å². The minimum absolute atomic E-state index is 0.0642. The third kappa shape index (κ3) is 8.14. The molecule has 0 saturated carbocycles. The van der Waals surface area contributed by atoms with Crippen molar-refractivity contribution in [3.05, 3.63) is 0 Å². The summed E-state index contributed by atoms with van der Waals surface area (Å²) in [4.78, 5) is 0. The molecule has 0 aromatic heterocycles. The maximum atomic E-state index is 8.36. The predicted octanol–water partition coefficient (Wildman–Crippen LogP) is 1.14. The standard InChI is InChI=1S/C7H17O2Si/c1-10(2)7-3-5-9-6-4-8/h8H,3-7H2,1-2H3. The van der Waals surface area contributed by atoms with Crippen molar-refractivity contribution < 1.29 is 9.84 Å². The minimum Gasteiger partial charge on any atom is -0.394 e. The van der Waals surface area contributed by atoms with Gasteiger partial charge in [-0.2, -0.15) is 0 Å². The lowest BCUT2D eigenvalue weighted by molar-refractivity contribution is 0.0927. The van der Waals surface area contributed by atoms with Gasteiger partial charge < -0.3 is 9.84 Å². The highest BCUT2D eigenvalue weighted by Gasteiger charge is 1.94. The molecule has 0 aromatic rings. The van der Waals surface area contributed by atoms with Crippen LogP contribution in [-0.2, 0) is 4.74 Å². The van der Waals surface area contributed by atoms with E-state index >= 15 is 0 Å². The third-order valence-corrected chi connectivity index (χ3v) is 2.55. The van der Waals surface area contributed by atoms with Gasteiger partial charge in [0.05, 0.1) is 13.2 Å². The van der Waals surface area contributed by atoms with Crippen LogP contribution in [0.1, 0.15) is 6.42 Å². The summed E-state index contributed by atoms with van der Waals surface area (Å²) in [7, 11) is -0.0642. The first-order valence-electron chi connectivity index (χ1n) is 3.75. The van der Waals surface area contributed by atoms with E-state index in [4.69, 9.17) is 9.84 Å². The molecule has 61 valence electrons. The monoisotopic (exact) mass is 161 g/mol. The van der Waals surface area contributed by atoms with Crippen molar-refractivity contribution in [2.45, 2.75) is 25.6 Å². The Hall–Kier alpha value is 0.137. The molecule has 0 atom stereocenters. The van der Waals surface area contributed by atoms with Crippen molar-refractivity contribution in [3.63, 3.8) is 0 Å². The molecule has 0 rings (SSSR count). The fraction of sp³-hybridized carbons (Fsp3) is 1.00. The lowest BCUT2D eigenvalue weighted by atomic mass is 10.5. The van der Waals surface area contributed by atoms with Gasteiger partial charge in [0.1, 0.15) is 0 Å². The van der Waals surface area contributed by atoms with Gasteiger partial charge in [0.15, 0.2) is 0 Å². The maximum Gasteiger partial charge on any atom is 0.0697 e. The normalized spacial score (nSPS) is 10.8. The maximum absolute atomic E-state index is 8.36. The molecular weight excluding hydrogens is 144 g/mol. The summed E-state index contributed by atoms with van der Waals surface area (Å²) in [6.45, 7) is 6.06. The van der Waals surface area contributed by atoms with E-state index in [-0.39, 0.29) is 15.4 Å². The van der Waals surface area contributed by atoms with Gasteiger partial charge >= 0.3 is 0 Å². The van der Waals surface area contributed by atoms with Crippen LogP contribution < -0.4 is 0 Å². The van der Waals surface area contributed by atoms with E-state index in [1.54, 1.807) is 0 Å². The second-order valence-corrected chi connectivity index (χ2v) is 5.56. The molecular formula is C7H17O2Si. The zero-order valence-corrected chi connectivity index (χ0v) is 7.89. The highest BCUT2D eigenvalue weighted by atomic mass is 28.3. The summed E-state index contributed by atoms with van der Waals surface area (Å²) in [5.74, 6) is 0. The molecule has 10 heavy (non-hydrogen) atoms. The molecule has 0 aromatic carbocycles. The lowest BCUT2D eigenvalue weighted by Crippen LogP contribution is -2.04. The van der Waals surface area contributed by atoms with Crippen LogP contribution in [0.4, 0.5) is 0 Å². The smallest absolute Gasteiger partial charge is 0.0697 e. The summed E-state index contributed by atoms with van der Waals surface area (Å²) in [5.41, 5.74) is 0. The molecule has 3 heteroatoms. The number of aliphatic hydroxyl groups excluding tert-OH is 1. The molecule has 0 aliphatic carbocycles. The molecule has 0 unspecified atom stereocenters. The highest BCUT2D eigenvalue weighted by Crippen LogP contribution is 1.96. The highest BCUT2D eigenvalue weighted by molar-refractivity contribution is 6.55. The lowest BCUT2D eigenvalue weighted by Gasteiger charge is -2.02. The molecule has 1 N–H and O–H groups in total. The van der Waals surface area contributed by atoms with E-state index in [9.17, 15) is 0 Å². The van der Waals surface area contributed by atoms with Gasteiger partial charge in [-0.1, -0.05) is 19.1 Å². The van der Waals surface area contributed by atoms with Crippen molar-refractivity contribution in [2.75, 3.05) is 19.8 Å². The Morgan fingerprint density at radius 1 is 1.30 bits per heavy atom. The van der Waals surface area contributed by atoms with E-state index in [1.807, 2.05) is 0 Å². The summed E-state index contributed by atoms with van der Waals surface area (Å²) >= 11 is 0. The Morgan fingerprint density at radius 3 is 2.50 bits per heavy atom. The number of hydrogen-bond acceptors (Lipinski definition) is 2. The van der Waals surface area contributed by atoms with Crippen LogP contribution in [0.15, 0.2) is 0 Å². The van der Waals surface area contributed by atoms with Gasteiger partial charge in [0.2, 0.25) is 0 Å². The summed E-state index contributed by atoms with van der Waals surface area (Å²) in [6.07, 6.45) is 1.15. The fourth-order valence-electron chi connectivity index (χ4n) is 0.694. The quantitative estimate of drug-likeness (QED) is 0.467. The second-order valence-electron chi connectivity index (χ2n) is 2.65. The van der Waals surface area contributed by atoms with E-state index < -0.39 is 0 Å². The van der Waals surface area contributed by atoms with Crippen LogP contribution in [0.25, 0.3) is 0 Å². The SMILES string of the molecule is C[Si](C)CCCOCCO. The van der Waals surface area contributed by atoms with Crippen molar-refractivity contribution in [3.8, 4) is 0 Å². The van der Waals surface area contributed by atoms with E-state index in [1.165, 1.54) is 6.04 Å². The van der Waals surface area contributed by atoms with Gasteiger partial charge in [0, 0.05) is 15.4 Å². The first-order chi connectivity index (χ1) is 4.77. The van der Waals surface area contributed by atoms with Crippen LogP contribution in [0.2, 0.25) is 19.1 Å². The predicted molar refractivity (Wildman–Crippen MR) is 44.8 cm³/mol. The Kier molecular flexibility index (Phi) is 7.35. The van der Waals surface area contributed by atoms with Crippen LogP contribution >= 0.6 is 0 Å². The van der Waals surface area contributed by atoms with Crippen LogP contribution in [0, 0.1) is 0 Å². The van der Waals surface area contributed by atoms with Crippen molar-refractivity contribution >= 4 is 8.80 Å². The van der Waals surface area contributed by atoms with E-state index in [0.717, 1.165) is 13.0 Å². The molecule has 2 nitrogen and oxygen atoms in total. The molecule has 0 bridgehead atoms. The fourth-order valence-corrected chi connectivity index (χ4v) is 1.55. The van der Waals surface area contributed by atoms with Gasteiger partial charge in [0.25, 0.3) is 0 Å².